The zero-order valence-corrected chi connectivity index (χ0v) is 14.2. The van der Waals surface area contributed by atoms with E-state index in [1.165, 1.54) is 0 Å². The summed E-state index contributed by atoms with van der Waals surface area (Å²) in [4.78, 5) is 8.26. The van der Waals surface area contributed by atoms with E-state index in [0.29, 0.717) is 6.01 Å². The predicted octanol–water partition coefficient (Wildman–Crippen LogP) is 2.45. The zero-order chi connectivity index (χ0) is 16.7. The maximum absolute atomic E-state index is 6.06. The first kappa shape index (κ1) is 16.0. The van der Waals surface area contributed by atoms with Crippen molar-refractivity contribution in [3.63, 3.8) is 0 Å². The summed E-state index contributed by atoms with van der Waals surface area (Å²) in [5, 5.41) is 0. The number of benzene rings is 1. The van der Waals surface area contributed by atoms with Crippen LogP contribution < -0.4 is 10.2 Å². The van der Waals surface area contributed by atoms with Crippen LogP contribution in [0.4, 0.5) is 0 Å². The Morgan fingerprint density at radius 3 is 1.87 bits per heavy atom. The van der Waals surface area contributed by atoms with Crippen LogP contribution in [-0.2, 0) is 9.31 Å². The number of aromatic nitrogens is 2. The van der Waals surface area contributed by atoms with Crippen LogP contribution in [-0.4, -0.2) is 35.4 Å². The molecule has 1 aromatic heterocycles. The van der Waals surface area contributed by atoms with Gasteiger partial charge < -0.3 is 14.0 Å². The average Bonchev–Trinajstić information content (AvgIpc) is 2.76. The zero-order valence-electron chi connectivity index (χ0n) is 14.2. The first-order chi connectivity index (χ1) is 10.8. The van der Waals surface area contributed by atoms with Gasteiger partial charge in [0.25, 0.3) is 0 Å². The van der Waals surface area contributed by atoms with Crippen molar-refractivity contribution >= 4 is 12.6 Å². The minimum absolute atomic E-state index is 0.333. The van der Waals surface area contributed by atoms with Gasteiger partial charge in [-0.25, -0.2) is 9.97 Å². The summed E-state index contributed by atoms with van der Waals surface area (Å²) in [7, 11) is 1.20. The molecular weight excluding hydrogens is 291 g/mol. The van der Waals surface area contributed by atoms with Crippen LogP contribution in [0.5, 0.6) is 6.01 Å². The number of nitrogens with zero attached hydrogens (tertiary/aromatic N) is 2. The highest BCUT2D eigenvalue weighted by Gasteiger charge is 2.51. The molecule has 0 N–H and O–H groups in total. The molecule has 5 nitrogen and oxygen atoms in total. The highest BCUT2D eigenvalue weighted by Crippen LogP contribution is 2.36. The summed E-state index contributed by atoms with van der Waals surface area (Å²) >= 11 is 0. The third-order valence-electron chi connectivity index (χ3n) is 4.58. The first-order valence-corrected chi connectivity index (χ1v) is 7.64. The van der Waals surface area contributed by atoms with Crippen LogP contribution in [0.15, 0.2) is 36.7 Å². The van der Waals surface area contributed by atoms with Gasteiger partial charge in [0.05, 0.1) is 18.3 Å². The van der Waals surface area contributed by atoms with E-state index in [1.54, 1.807) is 19.5 Å². The summed E-state index contributed by atoms with van der Waals surface area (Å²) in [6.07, 6.45) is 3.49. The number of ether oxygens (including phenoxy) is 1. The Kier molecular flexibility index (Phi) is 3.90. The lowest BCUT2D eigenvalue weighted by atomic mass is 9.78. The van der Waals surface area contributed by atoms with E-state index >= 15 is 0 Å². The van der Waals surface area contributed by atoms with Crippen molar-refractivity contribution < 1.29 is 14.0 Å². The molecule has 120 valence electrons. The topological polar surface area (TPSA) is 53.5 Å². The fourth-order valence-corrected chi connectivity index (χ4v) is 2.38. The van der Waals surface area contributed by atoms with Gasteiger partial charge in [0.15, 0.2) is 0 Å². The highest BCUT2D eigenvalue weighted by atomic mass is 16.7. The van der Waals surface area contributed by atoms with Gasteiger partial charge >= 0.3 is 13.1 Å². The number of methoxy groups -OCH3 is 1. The van der Waals surface area contributed by atoms with E-state index in [2.05, 4.69) is 37.7 Å². The molecule has 1 aromatic carbocycles. The number of hydrogen-bond donors (Lipinski definition) is 0. The van der Waals surface area contributed by atoms with E-state index in [9.17, 15) is 0 Å². The maximum Gasteiger partial charge on any atom is 0.494 e. The predicted molar refractivity (Wildman–Crippen MR) is 89.7 cm³/mol. The Morgan fingerprint density at radius 1 is 0.870 bits per heavy atom. The molecule has 2 heterocycles. The van der Waals surface area contributed by atoms with E-state index < -0.39 is 0 Å². The molecule has 0 atom stereocenters. The summed E-state index contributed by atoms with van der Waals surface area (Å²) in [5.74, 6) is 0. The number of rotatable bonds is 3. The molecule has 0 amide bonds. The second-order valence-corrected chi connectivity index (χ2v) is 6.67. The van der Waals surface area contributed by atoms with Crippen molar-refractivity contribution in [3.05, 3.63) is 36.7 Å². The Bertz CT molecular complexity index is 668. The molecule has 2 aromatic rings. The molecule has 6 heteroatoms. The van der Waals surface area contributed by atoms with Gasteiger partial charge in [0.2, 0.25) is 0 Å². The summed E-state index contributed by atoms with van der Waals surface area (Å²) in [6, 6.07) is 8.43. The SMILES string of the molecule is COc1ncc(-c2ccc(B3OC(C)(C)C(C)(C)O3)cc2)cn1. The largest absolute Gasteiger partial charge is 0.494 e. The van der Waals surface area contributed by atoms with Gasteiger partial charge in [-0.2, -0.15) is 0 Å². The fraction of sp³-hybridized carbons (Fsp3) is 0.412. The van der Waals surface area contributed by atoms with Crippen molar-refractivity contribution in [2.45, 2.75) is 38.9 Å². The van der Waals surface area contributed by atoms with E-state index in [4.69, 9.17) is 14.0 Å². The van der Waals surface area contributed by atoms with E-state index in [0.717, 1.165) is 16.6 Å². The Morgan fingerprint density at radius 2 is 1.39 bits per heavy atom. The molecule has 3 rings (SSSR count). The molecule has 0 radical (unpaired) electrons. The lowest BCUT2D eigenvalue weighted by Gasteiger charge is -2.32. The third kappa shape index (κ3) is 2.96. The van der Waals surface area contributed by atoms with Crippen LogP contribution in [0.25, 0.3) is 11.1 Å². The van der Waals surface area contributed by atoms with Crippen molar-refractivity contribution in [3.8, 4) is 17.1 Å². The van der Waals surface area contributed by atoms with Crippen LogP contribution in [0, 0.1) is 0 Å². The minimum Gasteiger partial charge on any atom is -0.467 e. The standard InChI is InChI=1S/C17H21BN2O3/c1-16(2)17(3,4)23-18(22-16)14-8-6-12(7-9-14)13-10-19-15(21-5)20-11-13/h6-11H,1-5H3. The summed E-state index contributed by atoms with van der Waals surface area (Å²) in [6.45, 7) is 8.21. The molecule has 1 aliphatic heterocycles. The molecule has 0 saturated carbocycles. The number of hydrogen-bond acceptors (Lipinski definition) is 5. The second kappa shape index (κ2) is 5.62. The monoisotopic (exact) mass is 312 g/mol. The maximum atomic E-state index is 6.06. The Balaban J connectivity index is 1.80. The van der Waals surface area contributed by atoms with Crippen LogP contribution in [0.1, 0.15) is 27.7 Å². The summed E-state index contributed by atoms with van der Waals surface area (Å²) in [5.41, 5.74) is 2.31. The normalized spacial score (nSPS) is 18.9. The van der Waals surface area contributed by atoms with Crippen molar-refractivity contribution in [1.29, 1.82) is 0 Å². The fourth-order valence-electron chi connectivity index (χ4n) is 2.38. The summed E-state index contributed by atoms with van der Waals surface area (Å²) < 4.78 is 17.1. The van der Waals surface area contributed by atoms with Crippen molar-refractivity contribution in [2.24, 2.45) is 0 Å². The van der Waals surface area contributed by atoms with Crippen LogP contribution >= 0.6 is 0 Å². The molecule has 23 heavy (non-hydrogen) atoms. The van der Waals surface area contributed by atoms with Crippen molar-refractivity contribution in [2.75, 3.05) is 7.11 Å². The van der Waals surface area contributed by atoms with Gasteiger partial charge in [0, 0.05) is 18.0 Å². The molecule has 1 aliphatic rings. The van der Waals surface area contributed by atoms with Gasteiger partial charge in [-0.1, -0.05) is 24.3 Å². The first-order valence-electron chi connectivity index (χ1n) is 7.64. The van der Waals surface area contributed by atoms with Gasteiger partial charge in [-0.05, 0) is 38.7 Å². The molecule has 1 fully saturated rings. The van der Waals surface area contributed by atoms with Crippen molar-refractivity contribution in [1.82, 2.24) is 9.97 Å². The lowest BCUT2D eigenvalue weighted by molar-refractivity contribution is 0.00578. The lowest BCUT2D eigenvalue weighted by Crippen LogP contribution is -2.41. The van der Waals surface area contributed by atoms with Gasteiger partial charge in [-0.3, -0.25) is 0 Å². The van der Waals surface area contributed by atoms with Gasteiger partial charge in [-0.15, -0.1) is 0 Å². The average molecular weight is 312 g/mol. The third-order valence-corrected chi connectivity index (χ3v) is 4.58. The minimum atomic E-state index is -0.346. The van der Waals surface area contributed by atoms with E-state index in [-0.39, 0.29) is 18.3 Å². The smallest absolute Gasteiger partial charge is 0.467 e. The Hall–Kier alpha value is -1.92. The van der Waals surface area contributed by atoms with E-state index in [1.807, 2.05) is 24.3 Å². The van der Waals surface area contributed by atoms with Crippen LogP contribution in [0.3, 0.4) is 0 Å². The Labute approximate surface area is 137 Å². The van der Waals surface area contributed by atoms with Crippen LogP contribution in [0.2, 0.25) is 0 Å². The molecule has 0 bridgehead atoms. The highest BCUT2D eigenvalue weighted by molar-refractivity contribution is 6.62. The molecule has 0 unspecified atom stereocenters. The molecular formula is C17H21BN2O3. The molecule has 1 saturated heterocycles. The second-order valence-electron chi connectivity index (χ2n) is 6.67. The van der Waals surface area contributed by atoms with Gasteiger partial charge in [0.1, 0.15) is 0 Å². The molecule has 0 aliphatic carbocycles. The quantitative estimate of drug-likeness (QED) is 0.815. The molecule has 0 spiro atoms.